The average Bonchev–Trinajstić information content (AvgIpc) is 2.29. The highest BCUT2D eigenvalue weighted by atomic mass is 79.9. The number of nitrogens with zero attached hydrogens (tertiary/aromatic N) is 1. The van der Waals surface area contributed by atoms with E-state index in [0.29, 0.717) is 0 Å². The van der Waals surface area contributed by atoms with Gasteiger partial charge in [0.15, 0.2) is 0 Å². The van der Waals surface area contributed by atoms with Gasteiger partial charge in [0.05, 0.1) is 0 Å². The third kappa shape index (κ3) is 2.78. The van der Waals surface area contributed by atoms with E-state index in [9.17, 15) is 23.1 Å². The number of nitrogens with one attached hydrogen (secondary N) is 1. The normalized spacial score (nSPS) is 11.6. The van der Waals surface area contributed by atoms with Crippen molar-refractivity contribution >= 4 is 15.9 Å². The van der Waals surface area contributed by atoms with Crippen LogP contribution in [0.1, 0.15) is 5.82 Å². The molecule has 1 aromatic heterocycles. The second kappa shape index (κ2) is 4.69. The zero-order valence-corrected chi connectivity index (χ0v) is 10.7. The molecule has 19 heavy (non-hydrogen) atoms. The summed E-state index contributed by atoms with van der Waals surface area (Å²) >= 11 is 3.18. The van der Waals surface area contributed by atoms with E-state index < -0.39 is 23.4 Å². The largest absolute Gasteiger partial charge is 0.493 e. The minimum atomic E-state index is -4.82. The predicted octanol–water partition coefficient (Wildman–Crippen LogP) is 2.92. The second-order valence-corrected chi connectivity index (χ2v) is 4.53. The van der Waals surface area contributed by atoms with Crippen LogP contribution in [0, 0.1) is 0 Å². The molecule has 0 aliphatic heterocycles. The van der Waals surface area contributed by atoms with Gasteiger partial charge in [0, 0.05) is 4.47 Å². The molecule has 100 valence electrons. The van der Waals surface area contributed by atoms with E-state index in [1.165, 1.54) is 12.1 Å². The van der Waals surface area contributed by atoms with Crippen molar-refractivity contribution in [2.75, 3.05) is 0 Å². The van der Waals surface area contributed by atoms with Crippen LogP contribution < -0.4 is 5.56 Å². The number of hydrogen-bond donors (Lipinski definition) is 2. The molecule has 8 heteroatoms. The first kappa shape index (κ1) is 13.6. The standard InChI is InChI=1S/C11H6BrF3N2O2/c12-6-3-1-5(2-4-6)7-8(18)16-10(11(13,14)15)17-9(7)19/h1-4H,(H2,16,17,18,19). The monoisotopic (exact) mass is 334 g/mol. The fourth-order valence-corrected chi connectivity index (χ4v) is 1.74. The lowest BCUT2D eigenvalue weighted by Gasteiger charge is -2.08. The molecule has 0 unspecified atom stereocenters. The van der Waals surface area contributed by atoms with E-state index >= 15 is 0 Å². The van der Waals surface area contributed by atoms with E-state index in [-0.39, 0.29) is 11.1 Å². The number of aromatic hydroxyl groups is 1. The maximum absolute atomic E-state index is 12.4. The van der Waals surface area contributed by atoms with E-state index in [4.69, 9.17) is 0 Å². The highest BCUT2D eigenvalue weighted by Gasteiger charge is 2.35. The van der Waals surface area contributed by atoms with Crippen molar-refractivity contribution < 1.29 is 18.3 Å². The summed E-state index contributed by atoms with van der Waals surface area (Å²) in [5.74, 6) is -2.49. The number of halogens is 4. The lowest BCUT2D eigenvalue weighted by Crippen LogP contribution is -2.20. The summed E-state index contributed by atoms with van der Waals surface area (Å²) in [4.78, 5) is 16.2. The maximum atomic E-state index is 12.4. The lowest BCUT2D eigenvalue weighted by atomic mass is 10.1. The molecular formula is C11H6BrF3N2O2. The summed E-state index contributed by atoms with van der Waals surface area (Å²) in [6, 6.07) is 6.13. The van der Waals surface area contributed by atoms with Gasteiger partial charge in [0.25, 0.3) is 5.56 Å². The predicted molar refractivity (Wildman–Crippen MR) is 64.7 cm³/mol. The Labute approximate surface area is 113 Å². The van der Waals surface area contributed by atoms with Crippen LogP contribution >= 0.6 is 15.9 Å². The van der Waals surface area contributed by atoms with Gasteiger partial charge in [0.2, 0.25) is 11.7 Å². The molecule has 0 aliphatic rings. The van der Waals surface area contributed by atoms with Crippen molar-refractivity contribution in [3.8, 4) is 17.0 Å². The van der Waals surface area contributed by atoms with Gasteiger partial charge in [-0.2, -0.15) is 18.2 Å². The molecule has 0 bridgehead atoms. The van der Waals surface area contributed by atoms with Gasteiger partial charge in [0.1, 0.15) is 5.56 Å². The summed E-state index contributed by atoms with van der Waals surface area (Å²) in [6.45, 7) is 0. The molecule has 2 rings (SSSR count). The molecule has 2 N–H and O–H groups in total. The zero-order chi connectivity index (χ0) is 14.2. The second-order valence-electron chi connectivity index (χ2n) is 3.62. The van der Waals surface area contributed by atoms with Crippen molar-refractivity contribution in [1.29, 1.82) is 0 Å². The van der Waals surface area contributed by atoms with E-state index in [2.05, 4.69) is 20.9 Å². The van der Waals surface area contributed by atoms with Gasteiger partial charge < -0.3 is 10.1 Å². The van der Waals surface area contributed by atoms with Crippen LogP contribution in [0.3, 0.4) is 0 Å². The van der Waals surface area contributed by atoms with Crippen LogP contribution in [0.2, 0.25) is 0 Å². The highest BCUT2D eigenvalue weighted by molar-refractivity contribution is 9.10. The number of H-pyrrole nitrogens is 1. The molecular weight excluding hydrogens is 329 g/mol. The molecule has 0 saturated carbocycles. The lowest BCUT2D eigenvalue weighted by molar-refractivity contribution is -0.145. The van der Waals surface area contributed by atoms with E-state index in [1.54, 1.807) is 17.1 Å². The number of aromatic amines is 1. The van der Waals surface area contributed by atoms with Crippen molar-refractivity contribution in [3.63, 3.8) is 0 Å². The smallest absolute Gasteiger partial charge is 0.449 e. The van der Waals surface area contributed by atoms with Gasteiger partial charge >= 0.3 is 6.18 Å². The fraction of sp³-hybridized carbons (Fsp3) is 0.0909. The molecule has 1 heterocycles. The Morgan fingerprint density at radius 2 is 1.79 bits per heavy atom. The van der Waals surface area contributed by atoms with Crippen LogP contribution in [0.5, 0.6) is 5.88 Å². The molecule has 0 aliphatic carbocycles. The molecule has 0 fully saturated rings. The molecule has 4 nitrogen and oxygen atoms in total. The Morgan fingerprint density at radius 3 is 2.26 bits per heavy atom. The summed E-state index contributed by atoms with van der Waals surface area (Å²) in [5.41, 5.74) is -1.09. The highest BCUT2D eigenvalue weighted by Crippen LogP contribution is 2.30. The van der Waals surface area contributed by atoms with Gasteiger partial charge in [-0.05, 0) is 17.7 Å². The number of alkyl halides is 3. The number of aromatic nitrogens is 2. The third-order valence-corrected chi connectivity index (χ3v) is 2.83. The summed E-state index contributed by atoms with van der Waals surface area (Å²) in [6.07, 6.45) is -4.82. The Balaban J connectivity index is 2.60. The van der Waals surface area contributed by atoms with Crippen LogP contribution in [0.25, 0.3) is 11.1 Å². The Kier molecular flexibility index (Phi) is 3.36. The van der Waals surface area contributed by atoms with Crippen LogP contribution in [0.15, 0.2) is 33.5 Å². The Morgan fingerprint density at radius 1 is 1.21 bits per heavy atom. The molecule has 0 atom stereocenters. The maximum Gasteiger partial charge on any atom is 0.449 e. The summed E-state index contributed by atoms with van der Waals surface area (Å²) in [7, 11) is 0. The summed E-state index contributed by atoms with van der Waals surface area (Å²) in [5, 5.41) is 9.52. The molecule has 2 aromatic rings. The van der Waals surface area contributed by atoms with Crippen molar-refractivity contribution in [3.05, 3.63) is 44.9 Å². The number of benzene rings is 1. The van der Waals surface area contributed by atoms with Gasteiger partial charge in [-0.25, -0.2) is 0 Å². The molecule has 0 amide bonds. The minimum Gasteiger partial charge on any atom is -0.493 e. The van der Waals surface area contributed by atoms with Crippen molar-refractivity contribution in [1.82, 2.24) is 9.97 Å². The Hall–Kier alpha value is -1.83. The SMILES string of the molecule is O=c1[nH]c(C(F)(F)F)nc(O)c1-c1ccc(Br)cc1. The van der Waals surface area contributed by atoms with E-state index in [1.807, 2.05) is 0 Å². The topological polar surface area (TPSA) is 66.0 Å². The molecule has 0 radical (unpaired) electrons. The van der Waals surface area contributed by atoms with Crippen LogP contribution in [-0.2, 0) is 6.18 Å². The van der Waals surface area contributed by atoms with Gasteiger partial charge in [-0.15, -0.1) is 0 Å². The first-order valence-electron chi connectivity index (χ1n) is 4.95. The first-order valence-corrected chi connectivity index (χ1v) is 5.75. The van der Waals surface area contributed by atoms with Crippen LogP contribution in [0.4, 0.5) is 13.2 Å². The molecule has 0 spiro atoms. The summed E-state index contributed by atoms with van der Waals surface area (Å²) < 4.78 is 37.9. The van der Waals surface area contributed by atoms with Crippen molar-refractivity contribution in [2.24, 2.45) is 0 Å². The number of hydrogen-bond acceptors (Lipinski definition) is 3. The minimum absolute atomic E-state index is 0.267. The quantitative estimate of drug-likeness (QED) is 0.842. The molecule has 1 aromatic carbocycles. The van der Waals surface area contributed by atoms with Crippen molar-refractivity contribution in [2.45, 2.75) is 6.18 Å². The van der Waals surface area contributed by atoms with Gasteiger partial charge in [-0.3, -0.25) is 4.79 Å². The Bertz CT molecular complexity index is 665. The first-order chi connectivity index (χ1) is 8.79. The van der Waals surface area contributed by atoms with Gasteiger partial charge in [-0.1, -0.05) is 28.1 Å². The average molecular weight is 335 g/mol. The third-order valence-electron chi connectivity index (χ3n) is 2.30. The zero-order valence-electron chi connectivity index (χ0n) is 9.12. The molecule has 0 saturated heterocycles. The number of rotatable bonds is 1. The van der Waals surface area contributed by atoms with E-state index in [0.717, 1.165) is 4.47 Å². The van der Waals surface area contributed by atoms with Crippen LogP contribution in [-0.4, -0.2) is 15.1 Å². The fourth-order valence-electron chi connectivity index (χ4n) is 1.47.